The van der Waals surface area contributed by atoms with Gasteiger partial charge in [0.25, 0.3) is 5.91 Å². The summed E-state index contributed by atoms with van der Waals surface area (Å²) in [6.07, 6.45) is 0.182. The van der Waals surface area contributed by atoms with Crippen molar-refractivity contribution >= 4 is 39.2 Å². The van der Waals surface area contributed by atoms with E-state index in [0.29, 0.717) is 0 Å². The molecule has 152 valence electrons. The van der Waals surface area contributed by atoms with Gasteiger partial charge in [0.1, 0.15) is 0 Å². The lowest BCUT2D eigenvalue weighted by molar-refractivity contribution is -0.122. The van der Waals surface area contributed by atoms with Gasteiger partial charge in [-0.2, -0.15) is 5.26 Å². The number of carboxylic acids is 1. The molecule has 1 unspecified atom stereocenters. The molecule has 0 saturated heterocycles. The molecular weight excluding hydrogens is 402 g/mol. The summed E-state index contributed by atoms with van der Waals surface area (Å²) >= 11 is 1.50. The number of carboxylic acid groups (broad SMARTS) is 1. The fourth-order valence-corrected chi connectivity index (χ4v) is 4.15. The maximum absolute atomic E-state index is 12.8. The standard InChI is InChI=1S/C22H19N3O4S/c23-10-5-11-24-21(27)17(18-13-30-19-9-4-3-6-14(18)19)12-25-20(26)15-7-1-2-8-16(15)22(28)29/h1-4,6-9,13,17H,5,11-12H2,(H,24,27)(H,25,26)(H,28,29). The van der Waals surface area contributed by atoms with Crippen molar-refractivity contribution in [3.8, 4) is 6.07 Å². The first-order chi connectivity index (χ1) is 14.5. The van der Waals surface area contributed by atoms with E-state index in [4.69, 9.17) is 5.26 Å². The van der Waals surface area contributed by atoms with Crippen molar-refractivity contribution in [1.29, 1.82) is 5.26 Å². The van der Waals surface area contributed by atoms with E-state index in [1.807, 2.05) is 35.7 Å². The molecule has 2 aromatic carbocycles. The lowest BCUT2D eigenvalue weighted by Crippen LogP contribution is -2.38. The van der Waals surface area contributed by atoms with Crippen molar-refractivity contribution in [1.82, 2.24) is 10.6 Å². The van der Waals surface area contributed by atoms with Gasteiger partial charge in [0.2, 0.25) is 5.91 Å². The van der Waals surface area contributed by atoms with Crippen molar-refractivity contribution < 1.29 is 19.5 Å². The number of nitrogens with zero attached hydrogens (tertiary/aromatic N) is 1. The van der Waals surface area contributed by atoms with Gasteiger partial charge >= 0.3 is 5.97 Å². The van der Waals surface area contributed by atoms with E-state index in [-0.39, 0.29) is 36.5 Å². The Hall–Kier alpha value is -3.70. The monoisotopic (exact) mass is 421 g/mol. The minimum absolute atomic E-state index is 0.00803. The van der Waals surface area contributed by atoms with Crippen LogP contribution in [0.4, 0.5) is 0 Å². The third-order valence-corrected chi connectivity index (χ3v) is 5.59. The van der Waals surface area contributed by atoms with Crippen molar-refractivity contribution in [2.45, 2.75) is 12.3 Å². The molecule has 0 saturated carbocycles. The molecule has 2 amide bonds. The summed E-state index contributed by atoms with van der Waals surface area (Å²) in [5, 5.41) is 26.2. The van der Waals surface area contributed by atoms with E-state index in [0.717, 1.165) is 15.6 Å². The Bertz CT molecular complexity index is 1130. The zero-order valence-electron chi connectivity index (χ0n) is 15.9. The van der Waals surface area contributed by atoms with Crippen LogP contribution >= 0.6 is 11.3 Å². The second-order valence-electron chi connectivity index (χ2n) is 6.50. The van der Waals surface area contributed by atoms with Gasteiger partial charge in [0, 0.05) is 17.8 Å². The molecule has 3 rings (SSSR count). The maximum atomic E-state index is 12.8. The Balaban J connectivity index is 1.84. The van der Waals surface area contributed by atoms with Gasteiger partial charge in [-0.05, 0) is 34.5 Å². The van der Waals surface area contributed by atoms with E-state index < -0.39 is 17.8 Å². The summed E-state index contributed by atoms with van der Waals surface area (Å²) in [5.74, 6) is -2.75. The van der Waals surface area contributed by atoms with Gasteiger partial charge < -0.3 is 15.7 Å². The number of aromatic carboxylic acids is 1. The second kappa shape index (κ2) is 9.67. The minimum atomic E-state index is -1.20. The number of rotatable bonds is 8. The lowest BCUT2D eigenvalue weighted by Gasteiger charge is -2.17. The van der Waals surface area contributed by atoms with Gasteiger partial charge in [-0.3, -0.25) is 9.59 Å². The predicted octanol–water partition coefficient (Wildman–Crippen LogP) is 3.14. The fourth-order valence-electron chi connectivity index (χ4n) is 3.13. The average Bonchev–Trinajstić information content (AvgIpc) is 3.18. The van der Waals surface area contributed by atoms with Gasteiger partial charge in [-0.25, -0.2) is 4.79 Å². The van der Waals surface area contributed by atoms with Crippen molar-refractivity contribution in [2.24, 2.45) is 0 Å². The smallest absolute Gasteiger partial charge is 0.336 e. The predicted molar refractivity (Wildman–Crippen MR) is 114 cm³/mol. The number of carbonyl (C=O) groups excluding carboxylic acids is 2. The van der Waals surface area contributed by atoms with E-state index >= 15 is 0 Å². The van der Waals surface area contributed by atoms with Crippen LogP contribution in [-0.2, 0) is 4.79 Å². The van der Waals surface area contributed by atoms with E-state index in [2.05, 4.69) is 10.6 Å². The van der Waals surface area contributed by atoms with Gasteiger partial charge in [-0.1, -0.05) is 30.3 Å². The third-order valence-electron chi connectivity index (χ3n) is 4.61. The highest BCUT2D eigenvalue weighted by Gasteiger charge is 2.25. The van der Waals surface area contributed by atoms with E-state index in [9.17, 15) is 19.5 Å². The van der Waals surface area contributed by atoms with Crippen LogP contribution in [0.1, 0.15) is 38.6 Å². The van der Waals surface area contributed by atoms with Crippen LogP contribution in [0.3, 0.4) is 0 Å². The SMILES string of the molecule is N#CCCNC(=O)C(CNC(=O)c1ccccc1C(=O)O)c1csc2ccccc12. The number of benzene rings is 2. The molecule has 1 atom stereocenters. The Morgan fingerprint density at radius 1 is 1.03 bits per heavy atom. The van der Waals surface area contributed by atoms with E-state index in [1.54, 1.807) is 12.1 Å². The number of fused-ring (bicyclic) bond motifs is 1. The molecule has 1 heterocycles. The molecule has 30 heavy (non-hydrogen) atoms. The van der Waals surface area contributed by atoms with Crippen LogP contribution in [0.5, 0.6) is 0 Å². The summed E-state index contributed by atoms with van der Waals surface area (Å²) in [4.78, 5) is 36.9. The summed E-state index contributed by atoms with van der Waals surface area (Å²) in [5.41, 5.74) is 0.701. The number of hydrogen-bond donors (Lipinski definition) is 3. The van der Waals surface area contributed by atoms with Gasteiger partial charge in [0.15, 0.2) is 0 Å². The Kier molecular flexibility index (Phi) is 6.78. The molecule has 1 aromatic heterocycles. The first kappa shape index (κ1) is 21.0. The number of carbonyl (C=O) groups is 3. The molecule has 0 fully saturated rings. The molecule has 0 aliphatic carbocycles. The molecule has 3 aromatic rings. The van der Waals surface area contributed by atoms with Crippen LogP contribution in [0.2, 0.25) is 0 Å². The number of hydrogen-bond acceptors (Lipinski definition) is 5. The Morgan fingerprint density at radius 3 is 2.47 bits per heavy atom. The molecular formula is C22H19N3O4S. The summed E-state index contributed by atoms with van der Waals surface area (Å²) in [7, 11) is 0. The average molecular weight is 421 g/mol. The number of amides is 2. The van der Waals surface area contributed by atoms with E-state index in [1.165, 1.54) is 23.5 Å². The summed E-state index contributed by atoms with van der Waals surface area (Å²) in [6.45, 7) is 0.204. The highest BCUT2D eigenvalue weighted by molar-refractivity contribution is 7.17. The molecule has 0 spiro atoms. The molecule has 7 nitrogen and oxygen atoms in total. The number of thiophene rings is 1. The normalized spacial score (nSPS) is 11.4. The summed E-state index contributed by atoms with van der Waals surface area (Å²) < 4.78 is 1.02. The highest BCUT2D eigenvalue weighted by atomic mass is 32.1. The van der Waals surface area contributed by atoms with Crippen molar-refractivity contribution in [3.63, 3.8) is 0 Å². The number of nitriles is 1. The van der Waals surface area contributed by atoms with Gasteiger partial charge in [0.05, 0.1) is 29.5 Å². The van der Waals surface area contributed by atoms with Crippen molar-refractivity contribution in [3.05, 3.63) is 70.6 Å². The third kappa shape index (κ3) is 4.64. The van der Waals surface area contributed by atoms with Crippen LogP contribution in [0.25, 0.3) is 10.1 Å². The quantitative estimate of drug-likeness (QED) is 0.483. The largest absolute Gasteiger partial charge is 0.478 e. The zero-order chi connectivity index (χ0) is 21.5. The zero-order valence-corrected chi connectivity index (χ0v) is 16.7. The Morgan fingerprint density at radius 2 is 1.73 bits per heavy atom. The van der Waals surface area contributed by atoms with Crippen LogP contribution < -0.4 is 10.6 Å². The fraction of sp³-hybridized carbons (Fsp3) is 0.182. The second-order valence-corrected chi connectivity index (χ2v) is 7.41. The first-order valence-corrected chi connectivity index (χ1v) is 10.1. The molecule has 8 heteroatoms. The van der Waals surface area contributed by atoms with Crippen LogP contribution in [0, 0.1) is 11.3 Å². The van der Waals surface area contributed by atoms with Gasteiger partial charge in [-0.15, -0.1) is 11.3 Å². The minimum Gasteiger partial charge on any atom is -0.478 e. The van der Waals surface area contributed by atoms with Crippen LogP contribution in [-0.4, -0.2) is 36.0 Å². The maximum Gasteiger partial charge on any atom is 0.336 e. The number of nitrogens with one attached hydrogen (secondary N) is 2. The Labute approximate surface area is 177 Å². The molecule has 0 aliphatic rings. The van der Waals surface area contributed by atoms with Crippen molar-refractivity contribution in [2.75, 3.05) is 13.1 Å². The highest BCUT2D eigenvalue weighted by Crippen LogP contribution is 2.31. The first-order valence-electron chi connectivity index (χ1n) is 9.24. The molecule has 0 aliphatic heterocycles. The topological polar surface area (TPSA) is 119 Å². The molecule has 3 N–H and O–H groups in total. The molecule has 0 bridgehead atoms. The van der Waals surface area contributed by atoms with Crippen LogP contribution in [0.15, 0.2) is 53.9 Å². The lowest BCUT2D eigenvalue weighted by atomic mass is 9.97. The molecule has 0 radical (unpaired) electrons. The summed E-state index contributed by atoms with van der Waals surface area (Å²) in [6, 6.07) is 15.6.